The van der Waals surface area contributed by atoms with Gasteiger partial charge in [-0.2, -0.15) is 0 Å². The third-order valence-corrected chi connectivity index (χ3v) is 2.99. The van der Waals surface area contributed by atoms with Crippen LogP contribution in [0.5, 0.6) is 5.75 Å². The first-order valence-corrected chi connectivity index (χ1v) is 5.03. The normalized spacial score (nSPS) is 28.0. The molecule has 1 heterocycles. The molecule has 82 valence electrons. The number of aliphatic hydroxyl groups is 1. The zero-order chi connectivity index (χ0) is 11.1. The zero-order valence-electron chi connectivity index (χ0n) is 9.28. The third kappa shape index (κ3) is 1.52. The Morgan fingerprint density at radius 2 is 2.00 bits per heavy atom. The fourth-order valence-electron chi connectivity index (χ4n) is 1.94. The largest absolute Gasteiger partial charge is 0.438 e. The van der Waals surface area contributed by atoms with Crippen LogP contribution in [0.2, 0.25) is 0 Å². The quantitative estimate of drug-likeness (QED) is 0.717. The van der Waals surface area contributed by atoms with Crippen LogP contribution in [-0.2, 0) is 11.2 Å². The van der Waals surface area contributed by atoms with E-state index in [9.17, 15) is 5.11 Å². The molecule has 1 aromatic carbocycles. The van der Waals surface area contributed by atoms with Gasteiger partial charge in [-0.15, -0.1) is 0 Å². The van der Waals surface area contributed by atoms with E-state index in [1.54, 1.807) is 0 Å². The van der Waals surface area contributed by atoms with Crippen LogP contribution < -0.4 is 4.74 Å². The monoisotopic (exact) mass is 208 g/mol. The van der Waals surface area contributed by atoms with E-state index in [4.69, 9.17) is 9.47 Å². The van der Waals surface area contributed by atoms with Crippen molar-refractivity contribution < 1.29 is 14.6 Å². The topological polar surface area (TPSA) is 38.7 Å². The van der Waals surface area contributed by atoms with E-state index >= 15 is 0 Å². The molecule has 1 aliphatic heterocycles. The molecule has 0 saturated heterocycles. The molecule has 3 nitrogen and oxygen atoms in total. The molecule has 1 atom stereocenters. The first-order chi connectivity index (χ1) is 6.98. The average Bonchev–Trinajstić information content (AvgIpc) is 2.19. The summed E-state index contributed by atoms with van der Waals surface area (Å²) in [5.41, 5.74) is 0.639. The second kappa shape index (κ2) is 3.22. The number of para-hydroxylation sites is 1. The van der Waals surface area contributed by atoms with Crippen LogP contribution in [0, 0.1) is 5.41 Å². The summed E-state index contributed by atoms with van der Waals surface area (Å²) < 4.78 is 10.6. The maximum absolute atomic E-state index is 10.2. The van der Waals surface area contributed by atoms with Gasteiger partial charge in [-0.1, -0.05) is 32.0 Å². The van der Waals surface area contributed by atoms with Crippen molar-refractivity contribution in [3.63, 3.8) is 0 Å². The minimum atomic E-state index is -1.54. The summed E-state index contributed by atoms with van der Waals surface area (Å²) in [7, 11) is 1.45. The lowest BCUT2D eigenvalue weighted by Gasteiger charge is -2.44. The number of methoxy groups -OCH3 is 1. The van der Waals surface area contributed by atoms with Crippen molar-refractivity contribution >= 4 is 0 Å². The van der Waals surface area contributed by atoms with Gasteiger partial charge in [0.2, 0.25) is 0 Å². The second-order valence-corrected chi connectivity index (χ2v) is 4.56. The number of rotatable bonds is 1. The molecule has 0 amide bonds. The van der Waals surface area contributed by atoms with Gasteiger partial charge in [-0.3, -0.25) is 0 Å². The fourth-order valence-corrected chi connectivity index (χ4v) is 1.94. The van der Waals surface area contributed by atoms with E-state index in [2.05, 4.69) is 0 Å². The Morgan fingerprint density at radius 1 is 1.33 bits per heavy atom. The number of fused-ring (bicyclic) bond motifs is 1. The standard InChI is InChI=1S/C12H16O3/c1-11(2)8-9-6-4-5-7-10(9)15-12(11,13)14-3/h4-7,13H,8H2,1-3H3/t12-/m1/s1. The Bertz CT molecular complexity index is 373. The Balaban J connectivity index is 2.45. The Labute approximate surface area is 89.6 Å². The molecule has 2 rings (SSSR count). The van der Waals surface area contributed by atoms with Crippen LogP contribution in [0.4, 0.5) is 0 Å². The molecule has 0 radical (unpaired) electrons. The highest BCUT2D eigenvalue weighted by molar-refractivity contribution is 5.36. The number of benzene rings is 1. The van der Waals surface area contributed by atoms with E-state index < -0.39 is 11.4 Å². The lowest BCUT2D eigenvalue weighted by molar-refractivity contribution is -0.367. The van der Waals surface area contributed by atoms with Gasteiger partial charge in [0.25, 0.3) is 0 Å². The van der Waals surface area contributed by atoms with Crippen molar-refractivity contribution in [3.05, 3.63) is 29.8 Å². The summed E-state index contributed by atoms with van der Waals surface area (Å²) in [6, 6.07) is 7.70. The number of hydrogen-bond donors (Lipinski definition) is 1. The third-order valence-electron chi connectivity index (χ3n) is 2.99. The molecule has 0 aliphatic carbocycles. The van der Waals surface area contributed by atoms with Gasteiger partial charge >= 0.3 is 5.97 Å². The Kier molecular flexibility index (Phi) is 2.24. The molecule has 0 spiro atoms. The van der Waals surface area contributed by atoms with E-state index in [1.807, 2.05) is 38.1 Å². The molecule has 0 bridgehead atoms. The van der Waals surface area contributed by atoms with Crippen molar-refractivity contribution in [1.82, 2.24) is 0 Å². The SMILES string of the molecule is CO[C@@]1(O)Oc2ccccc2CC1(C)C. The van der Waals surface area contributed by atoms with Crippen molar-refractivity contribution in [2.45, 2.75) is 26.2 Å². The molecule has 1 N–H and O–H groups in total. The molecule has 0 unspecified atom stereocenters. The molecular weight excluding hydrogens is 192 g/mol. The van der Waals surface area contributed by atoms with Crippen molar-refractivity contribution in [1.29, 1.82) is 0 Å². The summed E-state index contributed by atoms with van der Waals surface area (Å²) in [6.07, 6.45) is 0.730. The molecule has 0 aromatic heterocycles. The van der Waals surface area contributed by atoms with Crippen LogP contribution in [0.3, 0.4) is 0 Å². The van der Waals surface area contributed by atoms with Gasteiger partial charge in [-0.25, -0.2) is 0 Å². The van der Waals surface area contributed by atoms with Crippen LogP contribution in [0.15, 0.2) is 24.3 Å². The van der Waals surface area contributed by atoms with Crippen molar-refractivity contribution in [2.75, 3.05) is 7.11 Å². The predicted octanol–water partition coefficient (Wildman–Crippen LogP) is 1.94. The smallest absolute Gasteiger partial charge is 0.329 e. The highest BCUT2D eigenvalue weighted by Crippen LogP contribution is 2.43. The highest BCUT2D eigenvalue weighted by atomic mass is 16.8. The highest BCUT2D eigenvalue weighted by Gasteiger charge is 2.50. The Morgan fingerprint density at radius 3 is 2.67 bits per heavy atom. The van der Waals surface area contributed by atoms with Crippen LogP contribution >= 0.6 is 0 Å². The van der Waals surface area contributed by atoms with E-state index in [0.29, 0.717) is 5.75 Å². The molecular formula is C12H16O3. The first-order valence-electron chi connectivity index (χ1n) is 5.03. The summed E-state index contributed by atoms with van der Waals surface area (Å²) in [4.78, 5) is 0. The predicted molar refractivity (Wildman–Crippen MR) is 56.5 cm³/mol. The van der Waals surface area contributed by atoms with Gasteiger partial charge in [-0.05, 0) is 18.1 Å². The van der Waals surface area contributed by atoms with Gasteiger partial charge in [0.15, 0.2) is 0 Å². The van der Waals surface area contributed by atoms with Crippen molar-refractivity contribution in [3.8, 4) is 5.75 Å². The summed E-state index contributed by atoms with van der Waals surface area (Å²) in [6.45, 7) is 3.85. The molecule has 15 heavy (non-hydrogen) atoms. The average molecular weight is 208 g/mol. The lowest BCUT2D eigenvalue weighted by atomic mass is 9.81. The molecule has 1 aliphatic rings. The van der Waals surface area contributed by atoms with Crippen LogP contribution in [-0.4, -0.2) is 18.2 Å². The lowest BCUT2D eigenvalue weighted by Crippen LogP contribution is -2.54. The summed E-state index contributed by atoms with van der Waals surface area (Å²) in [5.74, 6) is -0.845. The number of hydrogen-bond acceptors (Lipinski definition) is 3. The van der Waals surface area contributed by atoms with Crippen LogP contribution in [0.25, 0.3) is 0 Å². The fraction of sp³-hybridized carbons (Fsp3) is 0.500. The van der Waals surface area contributed by atoms with E-state index in [-0.39, 0.29) is 0 Å². The molecule has 3 heteroatoms. The van der Waals surface area contributed by atoms with E-state index in [1.165, 1.54) is 7.11 Å². The molecule has 0 fully saturated rings. The maximum atomic E-state index is 10.2. The van der Waals surface area contributed by atoms with E-state index in [0.717, 1.165) is 12.0 Å². The van der Waals surface area contributed by atoms with Gasteiger partial charge in [0.1, 0.15) is 5.75 Å². The van der Waals surface area contributed by atoms with Gasteiger partial charge in [0.05, 0.1) is 5.41 Å². The Hall–Kier alpha value is -1.06. The first kappa shape index (κ1) is 10.5. The van der Waals surface area contributed by atoms with Crippen molar-refractivity contribution in [2.24, 2.45) is 5.41 Å². The number of ether oxygens (including phenoxy) is 2. The maximum Gasteiger partial charge on any atom is 0.329 e. The summed E-state index contributed by atoms with van der Waals surface area (Å²) in [5, 5.41) is 10.2. The summed E-state index contributed by atoms with van der Waals surface area (Å²) >= 11 is 0. The van der Waals surface area contributed by atoms with Gasteiger partial charge in [0, 0.05) is 7.11 Å². The minimum absolute atomic E-state index is 0.462. The minimum Gasteiger partial charge on any atom is -0.438 e. The van der Waals surface area contributed by atoms with Gasteiger partial charge < -0.3 is 14.6 Å². The zero-order valence-corrected chi connectivity index (χ0v) is 9.28. The molecule has 0 saturated carbocycles. The van der Waals surface area contributed by atoms with Crippen LogP contribution in [0.1, 0.15) is 19.4 Å². The molecule has 1 aromatic rings. The second-order valence-electron chi connectivity index (χ2n) is 4.56.